The SMILES string of the molecule is CC(C)Cc1ccc(C(NCCN=[N+]=[N-])C(=O)O)cc1. The molecule has 6 heteroatoms. The van der Waals surface area contributed by atoms with E-state index in [4.69, 9.17) is 5.53 Å². The summed E-state index contributed by atoms with van der Waals surface area (Å²) < 4.78 is 0. The molecule has 1 aromatic carbocycles. The van der Waals surface area contributed by atoms with E-state index < -0.39 is 12.0 Å². The van der Waals surface area contributed by atoms with Crippen molar-refractivity contribution in [2.45, 2.75) is 26.3 Å². The van der Waals surface area contributed by atoms with E-state index in [1.165, 1.54) is 5.56 Å². The first kappa shape index (κ1) is 16.0. The molecule has 0 bridgehead atoms. The first-order valence-electron chi connectivity index (χ1n) is 6.60. The van der Waals surface area contributed by atoms with Crippen LogP contribution < -0.4 is 5.32 Å². The fraction of sp³-hybridized carbons (Fsp3) is 0.500. The van der Waals surface area contributed by atoms with Crippen LogP contribution in [0.4, 0.5) is 0 Å². The third-order valence-corrected chi connectivity index (χ3v) is 2.83. The number of nitrogens with one attached hydrogen (secondary N) is 1. The van der Waals surface area contributed by atoms with Gasteiger partial charge in [-0.1, -0.05) is 43.2 Å². The average Bonchev–Trinajstić information content (AvgIpc) is 2.39. The Morgan fingerprint density at radius 1 is 1.40 bits per heavy atom. The minimum Gasteiger partial charge on any atom is -0.480 e. The summed E-state index contributed by atoms with van der Waals surface area (Å²) >= 11 is 0. The van der Waals surface area contributed by atoms with Gasteiger partial charge in [0.15, 0.2) is 0 Å². The molecule has 0 aromatic heterocycles. The number of hydrogen-bond donors (Lipinski definition) is 2. The topological polar surface area (TPSA) is 98.1 Å². The summed E-state index contributed by atoms with van der Waals surface area (Å²) in [4.78, 5) is 13.9. The van der Waals surface area contributed by atoms with Crippen molar-refractivity contribution in [1.82, 2.24) is 5.32 Å². The lowest BCUT2D eigenvalue weighted by molar-refractivity contribution is -0.139. The number of carboxylic acid groups (broad SMARTS) is 1. The summed E-state index contributed by atoms with van der Waals surface area (Å²) in [6.45, 7) is 4.84. The molecule has 2 N–H and O–H groups in total. The maximum absolute atomic E-state index is 11.3. The molecule has 0 saturated heterocycles. The van der Waals surface area contributed by atoms with Crippen LogP contribution in [0.15, 0.2) is 29.4 Å². The van der Waals surface area contributed by atoms with E-state index in [0.717, 1.165) is 6.42 Å². The molecular weight excluding hydrogens is 256 g/mol. The maximum Gasteiger partial charge on any atom is 0.325 e. The Morgan fingerprint density at radius 2 is 2.05 bits per heavy atom. The van der Waals surface area contributed by atoms with Crippen LogP contribution in [0.5, 0.6) is 0 Å². The summed E-state index contributed by atoms with van der Waals surface area (Å²) in [6.07, 6.45) is 0.975. The lowest BCUT2D eigenvalue weighted by Crippen LogP contribution is -2.30. The monoisotopic (exact) mass is 276 g/mol. The zero-order valence-corrected chi connectivity index (χ0v) is 11.8. The average molecular weight is 276 g/mol. The van der Waals surface area contributed by atoms with E-state index in [-0.39, 0.29) is 6.54 Å². The fourth-order valence-electron chi connectivity index (χ4n) is 1.97. The van der Waals surface area contributed by atoms with E-state index in [9.17, 15) is 9.90 Å². The number of carbonyl (C=O) groups is 1. The Bertz CT molecular complexity index is 478. The van der Waals surface area contributed by atoms with E-state index >= 15 is 0 Å². The summed E-state index contributed by atoms with van der Waals surface area (Å²) in [7, 11) is 0. The Balaban J connectivity index is 2.71. The quantitative estimate of drug-likeness (QED) is 0.330. The number of rotatable bonds is 8. The first-order valence-corrected chi connectivity index (χ1v) is 6.60. The highest BCUT2D eigenvalue weighted by Crippen LogP contribution is 2.16. The van der Waals surface area contributed by atoms with Crippen LogP contribution in [0.1, 0.15) is 31.0 Å². The van der Waals surface area contributed by atoms with Crippen molar-refractivity contribution in [3.8, 4) is 0 Å². The Morgan fingerprint density at radius 3 is 2.55 bits per heavy atom. The van der Waals surface area contributed by atoms with Gasteiger partial charge in [0.05, 0.1) is 0 Å². The number of nitrogens with zero attached hydrogens (tertiary/aromatic N) is 3. The van der Waals surface area contributed by atoms with Crippen molar-refractivity contribution in [1.29, 1.82) is 0 Å². The van der Waals surface area contributed by atoms with Gasteiger partial charge in [-0.3, -0.25) is 4.79 Å². The second kappa shape index (κ2) is 8.19. The highest BCUT2D eigenvalue weighted by Gasteiger charge is 2.18. The van der Waals surface area contributed by atoms with Gasteiger partial charge in [0.1, 0.15) is 6.04 Å². The zero-order valence-electron chi connectivity index (χ0n) is 11.8. The van der Waals surface area contributed by atoms with Gasteiger partial charge in [-0.05, 0) is 29.0 Å². The molecule has 6 nitrogen and oxygen atoms in total. The zero-order chi connectivity index (χ0) is 15.0. The predicted molar refractivity (Wildman–Crippen MR) is 77.4 cm³/mol. The third kappa shape index (κ3) is 5.30. The van der Waals surface area contributed by atoms with E-state index in [0.29, 0.717) is 18.0 Å². The van der Waals surface area contributed by atoms with E-state index in [1.54, 1.807) is 0 Å². The third-order valence-electron chi connectivity index (χ3n) is 2.83. The Kier molecular flexibility index (Phi) is 6.56. The highest BCUT2D eigenvalue weighted by atomic mass is 16.4. The number of benzene rings is 1. The molecule has 0 amide bonds. The van der Waals surface area contributed by atoms with Crippen LogP contribution in [0.3, 0.4) is 0 Å². The highest BCUT2D eigenvalue weighted by molar-refractivity contribution is 5.75. The molecule has 1 rings (SSSR count). The molecule has 1 unspecified atom stereocenters. The molecule has 1 atom stereocenters. The molecule has 108 valence electrons. The van der Waals surface area contributed by atoms with Crippen molar-refractivity contribution in [3.05, 3.63) is 45.8 Å². The van der Waals surface area contributed by atoms with Crippen LogP contribution in [0.25, 0.3) is 10.4 Å². The summed E-state index contributed by atoms with van der Waals surface area (Å²) in [5.74, 6) is -0.374. The van der Waals surface area contributed by atoms with Crippen LogP contribution in [0.2, 0.25) is 0 Å². The van der Waals surface area contributed by atoms with Crippen LogP contribution >= 0.6 is 0 Å². The summed E-state index contributed by atoms with van der Waals surface area (Å²) in [6, 6.07) is 6.80. The van der Waals surface area contributed by atoms with Crippen LogP contribution in [-0.2, 0) is 11.2 Å². The molecule has 0 aliphatic rings. The molecule has 0 aliphatic heterocycles. The smallest absolute Gasteiger partial charge is 0.325 e. The molecular formula is C14H20N4O2. The number of carboxylic acids is 1. The molecule has 0 aliphatic carbocycles. The van der Waals surface area contributed by atoms with Crippen molar-refractivity contribution >= 4 is 5.97 Å². The van der Waals surface area contributed by atoms with Gasteiger partial charge >= 0.3 is 5.97 Å². The summed E-state index contributed by atoms with van der Waals surface area (Å²) in [5.41, 5.74) is 10.1. The fourth-order valence-corrected chi connectivity index (χ4v) is 1.97. The Hall–Kier alpha value is -2.04. The van der Waals surface area contributed by atoms with Gasteiger partial charge in [0.2, 0.25) is 0 Å². The number of aliphatic carboxylic acids is 1. The number of hydrogen-bond acceptors (Lipinski definition) is 3. The van der Waals surface area contributed by atoms with Crippen LogP contribution in [0, 0.1) is 5.92 Å². The minimum absolute atomic E-state index is 0.228. The maximum atomic E-state index is 11.3. The lowest BCUT2D eigenvalue weighted by Gasteiger charge is -2.15. The largest absolute Gasteiger partial charge is 0.480 e. The van der Waals surface area contributed by atoms with E-state index in [2.05, 4.69) is 29.2 Å². The van der Waals surface area contributed by atoms with Gasteiger partial charge in [0, 0.05) is 18.0 Å². The van der Waals surface area contributed by atoms with Crippen molar-refractivity contribution in [2.24, 2.45) is 11.0 Å². The van der Waals surface area contributed by atoms with Gasteiger partial charge < -0.3 is 10.4 Å². The van der Waals surface area contributed by atoms with Crippen molar-refractivity contribution in [3.63, 3.8) is 0 Å². The van der Waals surface area contributed by atoms with Crippen molar-refractivity contribution in [2.75, 3.05) is 13.1 Å². The molecule has 0 fully saturated rings. The standard InChI is InChI=1S/C14H20N4O2/c1-10(2)9-11-3-5-12(6-4-11)13(14(19)20)16-7-8-17-18-15/h3-6,10,13,16H,7-9H2,1-2H3,(H,19,20). The molecule has 0 heterocycles. The molecule has 1 aromatic rings. The molecule has 20 heavy (non-hydrogen) atoms. The second-order valence-electron chi connectivity index (χ2n) is 5.02. The predicted octanol–water partition coefficient (Wildman–Crippen LogP) is 2.91. The van der Waals surface area contributed by atoms with Gasteiger partial charge in [-0.15, -0.1) is 0 Å². The molecule has 0 radical (unpaired) electrons. The second-order valence-corrected chi connectivity index (χ2v) is 5.02. The normalized spacial score (nSPS) is 11.9. The molecule has 0 spiro atoms. The Labute approximate surface area is 118 Å². The minimum atomic E-state index is -0.942. The lowest BCUT2D eigenvalue weighted by atomic mass is 9.99. The van der Waals surface area contributed by atoms with Crippen LogP contribution in [-0.4, -0.2) is 24.2 Å². The van der Waals surface area contributed by atoms with E-state index in [1.807, 2.05) is 24.3 Å². The first-order chi connectivity index (χ1) is 9.54. The van der Waals surface area contributed by atoms with Crippen molar-refractivity contribution < 1.29 is 9.90 Å². The molecule has 0 saturated carbocycles. The summed E-state index contributed by atoms with van der Waals surface area (Å²) in [5, 5.41) is 15.5. The van der Waals surface area contributed by atoms with Gasteiger partial charge in [-0.25, -0.2) is 0 Å². The van der Waals surface area contributed by atoms with Gasteiger partial charge in [0.25, 0.3) is 0 Å². The number of azide groups is 1. The van der Waals surface area contributed by atoms with Gasteiger partial charge in [-0.2, -0.15) is 0 Å².